The van der Waals surface area contributed by atoms with Crippen LogP contribution in [0.25, 0.3) is 33.4 Å². The first-order chi connectivity index (χ1) is 27.6. The summed E-state index contributed by atoms with van der Waals surface area (Å²) in [5.74, 6) is -0.0302. The van der Waals surface area contributed by atoms with E-state index in [4.69, 9.17) is 0 Å². The summed E-state index contributed by atoms with van der Waals surface area (Å²) >= 11 is -3.90. The van der Waals surface area contributed by atoms with Crippen LogP contribution >= 0.6 is 0 Å². The van der Waals surface area contributed by atoms with Crippen LogP contribution in [0.3, 0.4) is 0 Å². The van der Waals surface area contributed by atoms with Gasteiger partial charge in [0.05, 0.1) is 0 Å². The molecule has 0 radical (unpaired) electrons. The van der Waals surface area contributed by atoms with Gasteiger partial charge in [0.2, 0.25) is 0 Å². The number of allylic oxidation sites excluding steroid dienone is 4. The smallest absolute Gasteiger partial charge is 1.00 e. The molecule has 2 aliphatic carbocycles. The molecule has 6 aromatic carbocycles. The maximum atomic E-state index is 14.6. The molecular formula is C51H42Cl2F6Zr. The molecule has 306 valence electrons. The van der Waals surface area contributed by atoms with Crippen molar-refractivity contribution in [1.82, 2.24) is 0 Å². The van der Waals surface area contributed by atoms with Crippen LogP contribution in [0.15, 0.2) is 167 Å². The summed E-state index contributed by atoms with van der Waals surface area (Å²) in [6.45, 7) is 8.57. The predicted octanol–water partition coefficient (Wildman–Crippen LogP) is 8.92. The molecule has 0 N–H and O–H groups in total. The largest absolute Gasteiger partial charge is 1.00 e. The average molecular weight is 931 g/mol. The molecule has 0 amide bonds. The Bertz CT molecular complexity index is 2470. The topological polar surface area (TPSA) is 0 Å². The van der Waals surface area contributed by atoms with Crippen LogP contribution < -0.4 is 24.8 Å². The van der Waals surface area contributed by atoms with E-state index in [1.165, 1.54) is 15.4 Å². The fourth-order valence-corrected chi connectivity index (χ4v) is 18.2. The SMILES string of the molecule is CCC1C=C(C(C)(C)C)C=[C]1[Zr+2](=[C](c1cccc(C(F)(F)F)c1)c1cccc(C(F)(F)F)c1)[CH]1c2cc(-c3ccccc3)ccc2-c2ccc(-c3ccccc3)cc21.[Cl-].[Cl-]. The van der Waals surface area contributed by atoms with Crippen molar-refractivity contribution in [2.45, 2.75) is 50.1 Å². The average Bonchev–Trinajstić information content (AvgIpc) is 3.79. The van der Waals surface area contributed by atoms with Gasteiger partial charge < -0.3 is 24.8 Å². The van der Waals surface area contributed by atoms with E-state index in [0.717, 1.165) is 80.8 Å². The second-order valence-electron chi connectivity index (χ2n) is 16.2. The van der Waals surface area contributed by atoms with Crippen molar-refractivity contribution in [2.75, 3.05) is 0 Å². The zero-order chi connectivity index (χ0) is 41.0. The fourth-order valence-electron chi connectivity index (χ4n) is 8.54. The predicted molar refractivity (Wildman–Crippen MR) is 220 cm³/mol. The Morgan fingerprint density at radius 1 is 0.533 bits per heavy atom. The van der Waals surface area contributed by atoms with Crippen LogP contribution in [-0.4, -0.2) is 3.21 Å². The number of rotatable bonds is 7. The van der Waals surface area contributed by atoms with Crippen molar-refractivity contribution >= 4 is 3.21 Å². The van der Waals surface area contributed by atoms with E-state index in [2.05, 4.69) is 101 Å². The molecule has 0 spiro atoms. The molecule has 0 saturated carbocycles. The van der Waals surface area contributed by atoms with Crippen molar-refractivity contribution in [3.05, 3.63) is 200 Å². The number of alkyl halides is 6. The first-order valence-corrected chi connectivity index (χ1v) is 23.4. The van der Waals surface area contributed by atoms with Gasteiger partial charge >= 0.3 is 346 Å². The number of hydrogen-bond donors (Lipinski definition) is 0. The maximum absolute atomic E-state index is 14.6. The van der Waals surface area contributed by atoms with Crippen molar-refractivity contribution in [1.29, 1.82) is 0 Å². The molecule has 6 aromatic rings. The van der Waals surface area contributed by atoms with Crippen molar-refractivity contribution in [3.63, 3.8) is 0 Å². The van der Waals surface area contributed by atoms with Crippen LogP contribution in [0.4, 0.5) is 26.3 Å². The molecule has 0 heterocycles. The van der Waals surface area contributed by atoms with Crippen LogP contribution in [0.2, 0.25) is 0 Å². The van der Waals surface area contributed by atoms with Crippen LogP contribution in [0.5, 0.6) is 0 Å². The molecule has 0 aromatic heterocycles. The van der Waals surface area contributed by atoms with E-state index in [1.807, 2.05) is 36.4 Å². The normalized spacial score (nSPS) is 14.8. The zero-order valence-electron chi connectivity index (χ0n) is 33.4. The summed E-state index contributed by atoms with van der Waals surface area (Å²) in [6.07, 6.45) is -4.00. The van der Waals surface area contributed by atoms with Crippen molar-refractivity contribution in [3.8, 4) is 33.4 Å². The van der Waals surface area contributed by atoms with Crippen LogP contribution in [0, 0.1) is 11.3 Å². The summed E-state index contributed by atoms with van der Waals surface area (Å²) in [5.41, 5.74) is 8.14. The van der Waals surface area contributed by atoms with Crippen LogP contribution in [-0.2, 0) is 33.6 Å². The maximum Gasteiger partial charge on any atom is -1.00 e. The molecule has 0 saturated heterocycles. The molecule has 60 heavy (non-hydrogen) atoms. The molecule has 1 atom stereocenters. The molecule has 0 fully saturated rings. The van der Waals surface area contributed by atoms with Gasteiger partial charge in [-0.25, -0.2) is 0 Å². The van der Waals surface area contributed by atoms with E-state index < -0.39 is 44.7 Å². The van der Waals surface area contributed by atoms with E-state index in [-0.39, 0.29) is 39.8 Å². The second-order valence-corrected chi connectivity index (χ2v) is 22.3. The van der Waals surface area contributed by atoms with E-state index in [0.29, 0.717) is 14.3 Å². The van der Waals surface area contributed by atoms with E-state index >= 15 is 0 Å². The summed E-state index contributed by atoms with van der Waals surface area (Å²) in [4.78, 5) is 0. The van der Waals surface area contributed by atoms with E-state index in [1.54, 1.807) is 12.1 Å². The van der Waals surface area contributed by atoms with Gasteiger partial charge in [0.1, 0.15) is 0 Å². The third kappa shape index (κ3) is 8.87. The summed E-state index contributed by atoms with van der Waals surface area (Å²) in [7, 11) is 0. The first-order valence-electron chi connectivity index (χ1n) is 19.5. The Morgan fingerprint density at radius 3 is 1.38 bits per heavy atom. The summed E-state index contributed by atoms with van der Waals surface area (Å²) < 4.78 is 89.1. The van der Waals surface area contributed by atoms with Gasteiger partial charge in [0.25, 0.3) is 0 Å². The molecule has 9 heteroatoms. The number of benzene rings is 6. The Morgan fingerprint density at radius 2 is 0.983 bits per heavy atom. The number of halogens is 8. The monoisotopic (exact) mass is 928 g/mol. The molecule has 1 unspecified atom stereocenters. The Labute approximate surface area is 368 Å². The Balaban J connectivity index is 0.00000302. The third-order valence-electron chi connectivity index (χ3n) is 11.5. The van der Waals surface area contributed by atoms with E-state index in [9.17, 15) is 26.3 Å². The minimum atomic E-state index is -4.65. The van der Waals surface area contributed by atoms with Gasteiger partial charge in [-0.1, -0.05) is 0 Å². The molecular weight excluding hydrogens is 889 g/mol. The minimum absolute atomic E-state index is 0. The fraction of sp³-hybridized carbons (Fsp3) is 0.196. The standard InChI is InChI=1S/C25H17.C15H8F6.C11H17.2ClH.Zr/c1-3-7-18(8-4-1)20-11-13-24-22(15-20)17-23-16-21(12-14-25(23)24)19-9-5-2-6-10-19;16-14(17,18)12-5-1-3-10(8-12)7-11-4-2-6-13(9-11)15(19,20)21;1-5-9-6-7-10(8-9)11(2,3)4;;;/h1-17H;1-6,8-9H;7-9H,5H2,1-4H3;2*1H;/q;;;;;+2/p-2. The Hall–Kier alpha value is -4.29. The quantitative estimate of drug-likeness (QED) is 0.141. The van der Waals surface area contributed by atoms with Gasteiger partial charge in [-0.15, -0.1) is 0 Å². The third-order valence-corrected chi connectivity index (χ3v) is 19.9. The number of hydrogen-bond acceptors (Lipinski definition) is 0. The summed E-state index contributed by atoms with van der Waals surface area (Å²) in [5, 5.41) is 0. The molecule has 8 rings (SSSR count). The first kappa shape index (κ1) is 45.2. The van der Waals surface area contributed by atoms with Gasteiger partial charge in [0.15, 0.2) is 0 Å². The molecule has 0 nitrogen and oxygen atoms in total. The molecule has 2 aliphatic rings. The molecule has 0 bridgehead atoms. The van der Waals surface area contributed by atoms with Gasteiger partial charge in [0, 0.05) is 0 Å². The minimum Gasteiger partial charge on any atom is -1.00 e. The van der Waals surface area contributed by atoms with Crippen molar-refractivity contribution < 1.29 is 72.4 Å². The molecule has 0 aliphatic heterocycles. The second kappa shape index (κ2) is 17.6. The summed E-state index contributed by atoms with van der Waals surface area (Å²) in [6, 6.07) is 43.6. The van der Waals surface area contributed by atoms with Crippen LogP contribution in [0.1, 0.15) is 71.1 Å². The zero-order valence-corrected chi connectivity index (χ0v) is 37.4. The number of fused-ring (bicyclic) bond motifs is 3. The van der Waals surface area contributed by atoms with Gasteiger partial charge in [-0.3, -0.25) is 0 Å². The van der Waals surface area contributed by atoms with Gasteiger partial charge in [-0.2, -0.15) is 0 Å². The van der Waals surface area contributed by atoms with Gasteiger partial charge in [-0.05, 0) is 0 Å². The Kier molecular flexibility index (Phi) is 13.3. The van der Waals surface area contributed by atoms with Crippen molar-refractivity contribution in [2.24, 2.45) is 11.3 Å².